The number of fused-ring (bicyclic) bond motifs is 1. The Morgan fingerprint density at radius 3 is 2.81 bits per heavy atom. The summed E-state index contributed by atoms with van der Waals surface area (Å²) in [5.74, 6) is 2.06. The number of pyridine rings is 1. The second-order valence-corrected chi connectivity index (χ2v) is 8.22. The third kappa shape index (κ3) is 4.09. The maximum atomic E-state index is 12.2. The van der Waals surface area contributed by atoms with Crippen LogP contribution in [0.1, 0.15) is 23.8 Å². The highest BCUT2D eigenvalue weighted by molar-refractivity contribution is 7.98. The van der Waals surface area contributed by atoms with E-state index in [0.717, 1.165) is 39.4 Å². The maximum absolute atomic E-state index is 12.2. The first kappa shape index (κ1) is 20.3. The first-order valence-corrected chi connectivity index (χ1v) is 11.2. The molecule has 0 radical (unpaired) electrons. The summed E-state index contributed by atoms with van der Waals surface area (Å²) in [6.45, 7) is 2.56. The number of aryl methyl sites for hydroxylation is 1. The summed E-state index contributed by atoms with van der Waals surface area (Å²) >= 11 is 1.52. The summed E-state index contributed by atoms with van der Waals surface area (Å²) < 4.78 is 13.0. The summed E-state index contributed by atoms with van der Waals surface area (Å²) in [4.78, 5) is 16.4. The van der Waals surface area contributed by atoms with Crippen molar-refractivity contribution in [3.05, 3.63) is 94.5 Å². The van der Waals surface area contributed by atoms with Crippen LogP contribution in [0.3, 0.4) is 0 Å². The van der Waals surface area contributed by atoms with Gasteiger partial charge in [-0.1, -0.05) is 30.8 Å². The third-order valence-electron chi connectivity index (χ3n) is 5.19. The number of furan rings is 1. The van der Waals surface area contributed by atoms with E-state index in [0.29, 0.717) is 23.7 Å². The molecule has 0 aliphatic rings. The van der Waals surface area contributed by atoms with Crippen molar-refractivity contribution < 1.29 is 8.83 Å². The van der Waals surface area contributed by atoms with Crippen molar-refractivity contribution in [2.75, 3.05) is 0 Å². The van der Waals surface area contributed by atoms with Gasteiger partial charge in [-0.2, -0.15) is 0 Å². The Morgan fingerprint density at radius 1 is 1.09 bits per heavy atom. The molecule has 0 spiro atoms. The molecule has 0 unspecified atom stereocenters. The zero-order valence-electron chi connectivity index (χ0n) is 17.4. The summed E-state index contributed by atoms with van der Waals surface area (Å²) in [7, 11) is 0. The molecule has 5 rings (SSSR count). The Hall–Kier alpha value is -3.65. The van der Waals surface area contributed by atoms with Crippen LogP contribution in [0, 0.1) is 0 Å². The smallest absolute Gasteiger partial charge is 0.336 e. The van der Waals surface area contributed by atoms with Gasteiger partial charge in [0.2, 0.25) is 0 Å². The van der Waals surface area contributed by atoms with E-state index in [1.807, 2.05) is 41.0 Å². The fourth-order valence-corrected chi connectivity index (χ4v) is 4.49. The Morgan fingerprint density at radius 2 is 2.03 bits per heavy atom. The van der Waals surface area contributed by atoms with Gasteiger partial charge in [-0.15, -0.1) is 10.2 Å². The SMILES string of the molecule is CCc1ccc2c(CSc3nnc(-c4cccnc4)n3Cc3ccco3)cc(=O)oc2c1. The van der Waals surface area contributed by atoms with Gasteiger partial charge in [-0.05, 0) is 47.9 Å². The van der Waals surface area contributed by atoms with Gasteiger partial charge < -0.3 is 8.83 Å². The van der Waals surface area contributed by atoms with Crippen LogP contribution in [0.4, 0.5) is 0 Å². The van der Waals surface area contributed by atoms with Crippen molar-refractivity contribution in [1.82, 2.24) is 19.7 Å². The highest BCUT2D eigenvalue weighted by atomic mass is 32.2. The summed E-state index contributed by atoms with van der Waals surface area (Å²) in [6, 6.07) is 15.2. The molecule has 5 aromatic rings. The predicted octanol–water partition coefficient (Wildman–Crippen LogP) is 4.94. The molecule has 0 atom stereocenters. The van der Waals surface area contributed by atoms with Gasteiger partial charge in [0.05, 0.1) is 12.8 Å². The molecule has 4 heterocycles. The third-order valence-corrected chi connectivity index (χ3v) is 6.21. The standard InChI is InChI=1S/C24H20N4O3S/c1-2-16-7-8-20-18(12-22(29)31-21(20)11-16)15-32-24-27-26-23(17-5-3-9-25-13-17)28(24)14-19-6-4-10-30-19/h3-13H,2,14-15H2,1H3. The molecule has 0 saturated heterocycles. The van der Waals surface area contributed by atoms with Gasteiger partial charge >= 0.3 is 5.63 Å². The first-order chi connectivity index (χ1) is 15.7. The predicted molar refractivity (Wildman–Crippen MR) is 122 cm³/mol. The minimum atomic E-state index is -0.352. The zero-order valence-corrected chi connectivity index (χ0v) is 18.2. The van der Waals surface area contributed by atoms with Gasteiger partial charge in [0.1, 0.15) is 11.3 Å². The van der Waals surface area contributed by atoms with E-state index in [2.05, 4.69) is 28.2 Å². The Bertz CT molecular complexity index is 1410. The second-order valence-electron chi connectivity index (χ2n) is 7.28. The minimum Gasteiger partial charge on any atom is -0.467 e. The van der Waals surface area contributed by atoms with Crippen LogP contribution in [0.5, 0.6) is 0 Å². The fraction of sp³-hybridized carbons (Fsp3) is 0.167. The van der Waals surface area contributed by atoms with Crippen molar-refractivity contribution in [3.63, 3.8) is 0 Å². The quantitative estimate of drug-likeness (QED) is 0.259. The topological polar surface area (TPSA) is 87.0 Å². The molecule has 0 amide bonds. The lowest BCUT2D eigenvalue weighted by Crippen LogP contribution is -2.04. The number of hydrogen-bond donors (Lipinski definition) is 0. The Kier molecular flexibility index (Phi) is 5.60. The molecule has 8 heteroatoms. The molecule has 0 bridgehead atoms. The molecular weight excluding hydrogens is 424 g/mol. The molecule has 32 heavy (non-hydrogen) atoms. The van der Waals surface area contributed by atoms with Crippen molar-refractivity contribution in [2.24, 2.45) is 0 Å². The van der Waals surface area contributed by atoms with E-state index < -0.39 is 0 Å². The van der Waals surface area contributed by atoms with E-state index >= 15 is 0 Å². The van der Waals surface area contributed by atoms with Gasteiger partial charge in [0.25, 0.3) is 0 Å². The lowest BCUT2D eigenvalue weighted by Gasteiger charge is -2.10. The monoisotopic (exact) mass is 444 g/mol. The number of benzene rings is 1. The zero-order chi connectivity index (χ0) is 21.9. The molecular formula is C24H20N4O3S. The summed E-state index contributed by atoms with van der Waals surface area (Å²) in [6.07, 6.45) is 6.02. The summed E-state index contributed by atoms with van der Waals surface area (Å²) in [5.41, 5.74) is 3.16. The van der Waals surface area contributed by atoms with Crippen LogP contribution in [-0.2, 0) is 18.7 Å². The number of hydrogen-bond acceptors (Lipinski definition) is 7. The van der Waals surface area contributed by atoms with E-state index in [4.69, 9.17) is 8.83 Å². The van der Waals surface area contributed by atoms with Crippen LogP contribution in [0.25, 0.3) is 22.4 Å². The van der Waals surface area contributed by atoms with Crippen LogP contribution < -0.4 is 5.63 Å². The average molecular weight is 445 g/mol. The first-order valence-electron chi connectivity index (χ1n) is 10.3. The Labute approximate surface area is 188 Å². The molecule has 0 aliphatic heterocycles. The van der Waals surface area contributed by atoms with Crippen molar-refractivity contribution in [3.8, 4) is 11.4 Å². The molecule has 0 aliphatic carbocycles. The van der Waals surface area contributed by atoms with Gasteiger partial charge in [-0.3, -0.25) is 9.55 Å². The van der Waals surface area contributed by atoms with Crippen LogP contribution in [-0.4, -0.2) is 19.7 Å². The van der Waals surface area contributed by atoms with Gasteiger partial charge in [-0.25, -0.2) is 4.79 Å². The number of thioether (sulfide) groups is 1. The molecule has 160 valence electrons. The van der Waals surface area contributed by atoms with Crippen LogP contribution in [0.15, 0.2) is 86.0 Å². The average Bonchev–Trinajstić information content (AvgIpc) is 3.48. The molecule has 0 N–H and O–H groups in total. The number of aromatic nitrogens is 4. The Balaban J connectivity index is 1.50. The molecule has 7 nitrogen and oxygen atoms in total. The fourth-order valence-electron chi connectivity index (χ4n) is 3.56. The molecule has 0 fully saturated rings. The van der Waals surface area contributed by atoms with Crippen LogP contribution >= 0.6 is 11.8 Å². The summed E-state index contributed by atoms with van der Waals surface area (Å²) in [5, 5.41) is 10.5. The molecule has 4 aromatic heterocycles. The highest BCUT2D eigenvalue weighted by Crippen LogP contribution is 2.29. The minimum absolute atomic E-state index is 0.352. The largest absolute Gasteiger partial charge is 0.467 e. The van der Waals surface area contributed by atoms with Gasteiger partial charge in [0, 0.05) is 35.2 Å². The lowest BCUT2D eigenvalue weighted by molar-refractivity contribution is 0.485. The maximum Gasteiger partial charge on any atom is 0.336 e. The number of rotatable bonds is 7. The van der Waals surface area contributed by atoms with Gasteiger partial charge in [0.15, 0.2) is 11.0 Å². The molecule has 1 aromatic carbocycles. The normalized spacial score (nSPS) is 11.3. The van der Waals surface area contributed by atoms with Crippen LogP contribution in [0.2, 0.25) is 0 Å². The van der Waals surface area contributed by atoms with Crippen molar-refractivity contribution >= 4 is 22.7 Å². The van der Waals surface area contributed by atoms with E-state index in [-0.39, 0.29) is 5.63 Å². The number of nitrogens with zero attached hydrogens (tertiary/aromatic N) is 4. The molecule has 0 saturated carbocycles. The lowest BCUT2D eigenvalue weighted by atomic mass is 10.1. The van der Waals surface area contributed by atoms with Crippen molar-refractivity contribution in [2.45, 2.75) is 30.8 Å². The van der Waals surface area contributed by atoms with E-state index in [9.17, 15) is 4.79 Å². The highest BCUT2D eigenvalue weighted by Gasteiger charge is 2.17. The van der Waals surface area contributed by atoms with E-state index in [1.165, 1.54) is 11.8 Å². The second kappa shape index (κ2) is 8.84. The van der Waals surface area contributed by atoms with Crippen molar-refractivity contribution in [1.29, 1.82) is 0 Å². The van der Waals surface area contributed by atoms with E-state index in [1.54, 1.807) is 24.7 Å².